The molecule has 0 saturated carbocycles. The van der Waals surface area contributed by atoms with Gasteiger partial charge in [0.05, 0.1) is 30.7 Å². The number of aliphatic hydroxyl groups is 4. The lowest BCUT2D eigenvalue weighted by molar-refractivity contribution is -0.316. The van der Waals surface area contributed by atoms with Crippen molar-refractivity contribution in [1.82, 2.24) is 15.5 Å². The van der Waals surface area contributed by atoms with Crippen molar-refractivity contribution >= 4 is 29.3 Å². The number of aliphatic hydroxyl groups excluding tert-OH is 3. The second-order valence-electron chi connectivity index (χ2n) is 15.4. The monoisotopic (exact) mass is 852 g/mol. The molecule has 18 heteroatoms. The minimum Gasteiger partial charge on any atom is -0.507 e. The van der Waals surface area contributed by atoms with E-state index in [1.54, 1.807) is 18.2 Å². The van der Waals surface area contributed by atoms with Crippen molar-refractivity contribution in [2.75, 3.05) is 33.9 Å². The van der Waals surface area contributed by atoms with E-state index >= 15 is 0 Å². The lowest BCUT2D eigenvalue weighted by Crippen LogP contribution is -2.68. The molecule has 18 nitrogen and oxygen atoms in total. The number of nitrogens with zero attached hydrogens (tertiary/aromatic N) is 2. The molecule has 0 bridgehead atoms. The number of nitrogens with two attached hydrogens (primary N) is 2. The van der Waals surface area contributed by atoms with E-state index in [1.807, 2.05) is 30.3 Å². The Morgan fingerprint density at radius 3 is 2.42 bits per heavy atom. The lowest BCUT2D eigenvalue weighted by atomic mass is 9.75. The van der Waals surface area contributed by atoms with Crippen LogP contribution < -0.4 is 31.6 Å². The van der Waals surface area contributed by atoms with Crippen molar-refractivity contribution in [2.24, 2.45) is 22.4 Å². The molecule has 0 unspecified atom stereocenters. The van der Waals surface area contributed by atoms with E-state index in [-0.39, 0.29) is 65.2 Å². The second kappa shape index (κ2) is 17.8. The molecule has 7 rings (SSSR count). The molecule has 62 heavy (non-hydrogen) atoms. The van der Waals surface area contributed by atoms with Gasteiger partial charge in [-0.25, -0.2) is 0 Å². The predicted octanol–water partition coefficient (Wildman–Crippen LogP) is -0.195. The second-order valence-corrected chi connectivity index (χ2v) is 15.4. The number of amides is 2. The van der Waals surface area contributed by atoms with Gasteiger partial charge < -0.3 is 61.8 Å². The quantitative estimate of drug-likeness (QED) is 0.0451. The summed E-state index contributed by atoms with van der Waals surface area (Å²) in [5.41, 5.74) is 11.1. The van der Waals surface area contributed by atoms with Gasteiger partial charge >= 0.3 is 0 Å². The number of aliphatic imine (C=N–C) groups is 1. The summed E-state index contributed by atoms with van der Waals surface area (Å²) in [5, 5.41) is 63.7. The third kappa shape index (κ3) is 8.25. The number of phenolic OH excluding ortho intramolecular Hbond substituents is 1. The Balaban J connectivity index is 1.21. The number of nitrogens with one attached hydrogen (secondary N) is 2. The number of aromatic hydroxyl groups is 1. The van der Waals surface area contributed by atoms with Gasteiger partial charge in [0.2, 0.25) is 12.1 Å². The molecule has 4 aliphatic rings. The summed E-state index contributed by atoms with van der Waals surface area (Å²) in [7, 11) is 2.80. The van der Waals surface area contributed by atoms with Crippen LogP contribution in [0.1, 0.15) is 55.0 Å². The van der Waals surface area contributed by atoms with Crippen LogP contribution in [0.5, 0.6) is 17.2 Å². The summed E-state index contributed by atoms with van der Waals surface area (Å²) < 4.78 is 17.5. The number of guanidine groups is 1. The smallest absolute Gasteiger partial charge is 0.253 e. The third-order valence-electron chi connectivity index (χ3n) is 11.7. The minimum atomic E-state index is -2.43. The zero-order valence-corrected chi connectivity index (χ0v) is 33.9. The molecule has 2 amide bonds. The Kier molecular flexibility index (Phi) is 12.5. The van der Waals surface area contributed by atoms with Crippen LogP contribution in [-0.2, 0) is 33.7 Å². The molecule has 0 aromatic heterocycles. The topological polar surface area (TPSA) is 289 Å². The summed E-state index contributed by atoms with van der Waals surface area (Å²) >= 11 is 0. The standard InChI is InChI=1S/C44H48N6O12/c1-47-43(46)49-19-29-24(9-8-22-6-4-3-5-7-22)14-27-36(38(29)55)39(56)35-28(37(27)54)16-26(60-2)17-30(35)61-42-40(57)41(58)44(59,31(21-51)62-42)18-25(23-12-13-48-32(45)15-23)20-50-33(52)10-11-34(50)53/h3-7,10-12,14-17,25,31,40-42,48,51,55,57-59H,8-9,13,18-21,45H2,1-2H3,(H3,46,47,49)/t25-,31-,40-,41-,42-,44-/m1/s1. The maximum absolute atomic E-state index is 14.6. The number of fused-ring (bicyclic) bond motifs is 2. The maximum atomic E-state index is 14.6. The summed E-state index contributed by atoms with van der Waals surface area (Å²) in [6, 6.07) is 13.7. The van der Waals surface area contributed by atoms with Gasteiger partial charge in [0, 0.05) is 67.5 Å². The zero-order valence-electron chi connectivity index (χ0n) is 33.9. The first-order valence-corrected chi connectivity index (χ1v) is 19.8. The fourth-order valence-corrected chi connectivity index (χ4v) is 8.31. The number of ketones is 2. The van der Waals surface area contributed by atoms with E-state index in [1.165, 1.54) is 26.3 Å². The van der Waals surface area contributed by atoms with Crippen molar-refractivity contribution < 1.29 is 58.9 Å². The highest BCUT2D eigenvalue weighted by molar-refractivity contribution is 6.30. The summed E-state index contributed by atoms with van der Waals surface area (Å²) in [6.07, 6.45) is -1.74. The molecular formula is C44H48N6O12. The van der Waals surface area contributed by atoms with Crippen molar-refractivity contribution in [3.05, 3.63) is 123 Å². The maximum Gasteiger partial charge on any atom is 0.253 e. The Morgan fingerprint density at radius 1 is 1.05 bits per heavy atom. The van der Waals surface area contributed by atoms with E-state index in [0.29, 0.717) is 29.5 Å². The fraction of sp³-hybridized carbons (Fsp3) is 0.341. The van der Waals surface area contributed by atoms with Crippen molar-refractivity contribution in [1.29, 1.82) is 0 Å². The van der Waals surface area contributed by atoms with Crippen molar-refractivity contribution in [3.8, 4) is 17.2 Å². The number of carbonyl (C=O) groups excluding carboxylic acids is 4. The van der Waals surface area contributed by atoms with Gasteiger partial charge in [-0.05, 0) is 54.2 Å². The average molecular weight is 853 g/mol. The molecule has 3 aromatic carbocycles. The highest BCUT2D eigenvalue weighted by Gasteiger charge is 2.57. The van der Waals surface area contributed by atoms with Crippen LogP contribution >= 0.6 is 0 Å². The molecule has 6 atom stereocenters. The summed E-state index contributed by atoms with van der Waals surface area (Å²) in [5.74, 6) is -3.92. The van der Waals surface area contributed by atoms with E-state index in [2.05, 4.69) is 15.6 Å². The molecule has 11 N–H and O–H groups in total. The fourth-order valence-electron chi connectivity index (χ4n) is 8.31. The molecule has 3 heterocycles. The normalized spacial score (nSPS) is 23.9. The van der Waals surface area contributed by atoms with Crippen LogP contribution in [0.3, 0.4) is 0 Å². The molecule has 0 radical (unpaired) electrons. The molecule has 0 spiro atoms. The predicted molar refractivity (Wildman–Crippen MR) is 222 cm³/mol. The number of hydrogen-bond acceptors (Lipinski definition) is 15. The number of ether oxygens (including phenoxy) is 3. The van der Waals surface area contributed by atoms with Crippen LogP contribution in [0.2, 0.25) is 0 Å². The number of aryl methyl sites for hydroxylation is 2. The van der Waals surface area contributed by atoms with Crippen LogP contribution in [0.15, 0.2) is 89.2 Å². The van der Waals surface area contributed by atoms with Crippen LogP contribution in [-0.4, -0.2) is 124 Å². The Bertz CT molecular complexity index is 2390. The first-order chi connectivity index (χ1) is 29.7. The molecule has 3 aliphatic heterocycles. The highest BCUT2D eigenvalue weighted by atomic mass is 16.7. The minimum absolute atomic E-state index is 0.0433. The van der Waals surface area contributed by atoms with Gasteiger partial charge in [0.25, 0.3) is 11.8 Å². The number of hydrogen-bond donors (Lipinski definition) is 9. The molecule has 3 aromatic rings. The number of imide groups is 1. The van der Waals surface area contributed by atoms with E-state index in [9.17, 15) is 44.7 Å². The molecule has 1 aliphatic carbocycles. The van der Waals surface area contributed by atoms with Gasteiger partial charge in [0.15, 0.2) is 11.7 Å². The summed E-state index contributed by atoms with van der Waals surface area (Å²) in [4.78, 5) is 59.0. The van der Waals surface area contributed by atoms with E-state index in [4.69, 9.17) is 25.7 Å². The number of carbonyl (C=O) groups is 4. The Labute approximate surface area is 355 Å². The molecule has 1 fully saturated rings. The van der Waals surface area contributed by atoms with E-state index in [0.717, 1.165) is 22.6 Å². The number of methoxy groups -OCH3 is 1. The number of benzene rings is 3. The first kappa shape index (κ1) is 43.5. The number of phenols is 1. The zero-order chi connectivity index (χ0) is 44.5. The average Bonchev–Trinajstić information content (AvgIpc) is 3.59. The van der Waals surface area contributed by atoms with Crippen LogP contribution in [0.25, 0.3) is 0 Å². The highest BCUT2D eigenvalue weighted by Crippen LogP contribution is 2.44. The number of rotatable bonds is 14. The van der Waals surface area contributed by atoms with Gasteiger partial charge in [-0.1, -0.05) is 36.4 Å². The molecule has 1 saturated heterocycles. The van der Waals surface area contributed by atoms with Crippen molar-refractivity contribution in [2.45, 2.75) is 56.0 Å². The Morgan fingerprint density at radius 2 is 1.76 bits per heavy atom. The lowest BCUT2D eigenvalue weighted by Gasteiger charge is -2.49. The first-order valence-electron chi connectivity index (χ1n) is 19.8. The molecule has 326 valence electrons. The van der Waals surface area contributed by atoms with Gasteiger partial charge in [-0.3, -0.25) is 29.1 Å². The van der Waals surface area contributed by atoms with Crippen LogP contribution in [0, 0.1) is 5.92 Å². The SMILES string of the molecule is CN=C(N)NCc1c(CCc2ccccc2)cc2c(c1O)C(=O)c1c(O[C@@H]3O[C@H](CO)[C@](O)(C[C@H](CN4C(=O)C=CC4=O)C4=CCNC(N)=C4)[C@H](O)[C@H]3O)cc(OC)cc1C2=O. The van der Waals surface area contributed by atoms with Gasteiger partial charge in [-0.2, -0.15) is 0 Å². The van der Waals surface area contributed by atoms with Crippen molar-refractivity contribution in [3.63, 3.8) is 0 Å². The summed E-state index contributed by atoms with van der Waals surface area (Å²) in [6.45, 7) is -0.938. The molecular weight excluding hydrogens is 805 g/mol. The van der Waals surface area contributed by atoms with Gasteiger partial charge in [-0.15, -0.1) is 0 Å². The largest absolute Gasteiger partial charge is 0.507 e. The number of allylic oxidation sites excluding steroid dienone is 1. The number of dihydropyridines is 1. The van der Waals surface area contributed by atoms with Crippen LogP contribution in [0.4, 0.5) is 0 Å². The third-order valence-corrected chi connectivity index (χ3v) is 11.7. The Hall–Kier alpha value is -6.57. The van der Waals surface area contributed by atoms with E-state index < -0.39 is 78.3 Å². The van der Waals surface area contributed by atoms with Gasteiger partial charge in [0.1, 0.15) is 41.2 Å².